The SMILES string of the molecule is CC(=O)CC(=O)Nc1ccc(C#N)c(C#N)c1. The Hall–Kier alpha value is -2.66. The topological polar surface area (TPSA) is 93.8 Å². The third-order valence-electron chi connectivity index (χ3n) is 1.95. The van der Waals surface area contributed by atoms with Gasteiger partial charge in [0, 0.05) is 5.69 Å². The van der Waals surface area contributed by atoms with Crippen molar-refractivity contribution in [2.75, 3.05) is 5.32 Å². The van der Waals surface area contributed by atoms with Crippen molar-refractivity contribution in [2.24, 2.45) is 0 Å². The third-order valence-corrected chi connectivity index (χ3v) is 1.95. The summed E-state index contributed by atoms with van der Waals surface area (Å²) >= 11 is 0. The molecule has 0 aliphatic rings. The molecule has 0 aliphatic heterocycles. The summed E-state index contributed by atoms with van der Waals surface area (Å²) in [4.78, 5) is 22.0. The number of nitriles is 2. The van der Waals surface area contributed by atoms with Gasteiger partial charge in [-0.3, -0.25) is 9.59 Å². The lowest BCUT2D eigenvalue weighted by Crippen LogP contribution is -2.14. The maximum absolute atomic E-state index is 11.3. The van der Waals surface area contributed by atoms with Gasteiger partial charge in [0.2, 0.25) is 5.91 Å². The number of Topliss-reactive ketones (excluding diaryl/α,β-unsaturated/α-hetero) is 1. The van der Waals surface area contributed by atoms with Crippen molar-refractivity contribution in [1.82, 2.24) is 0 Å². The van der Waals surface area contributed by atoms with Crippen molar-refractivity contribution < 1.29 is 9.59 Å². The average molecular weight is 227 g/mol. The minimum Gasteiger partial charge on any atom is -0.326 e. The summed E-state index contributed by atoms with van der Waals surface area (Å²) in [5.41, 5.74) is 0.831. The molecule has 0 atom stereocenters. The molecule has 1 amide bonds. The van der Waals surface area contributed by atoms with E-state index in [1.165, 1.54) is 25.1 Å². The van der Waals surface area contributed by atoms with Crippen molar-refractivity contribution in [3.05, 3.63) is 29.3 Å². The van der Waals surface area contributed by atoms with Gasteiger partial charge in [0.1, 0.15) is 17.9 Å². The second-order valence-electron chi connectivity index (χ2n) is 3.41. The Morgan fingerprint density at radius 1 is 1.24 bits per heavy atom. The molecule has 1 N–H and O–H groups in total. The van der Waals surface area contributed by atoms with Gasteiger partial charge in [0.25, 0.3) is 0 Å². The van der Waals surface area contributed by atoms with Crippen LogP contribution in [0.15, 0.2) is 18.2 Å². The highest BCUT2D eigenvalue weighted by Crippen LogP contribution is 2.14. The van der Waals surface area contributed by atoms with Gasteiger partial charge in [-0.2, -0.15) is 10.5 Å². The molecule has 0 aliphatic carbocycles. The van der Waals surface area contributed by atoms with Crippen molar-refractivity contribution >= 4 is 17.4 Å². The summed E-state index contributed by atoms with van der Waals surface area (Å²) in [6.45, 7) is 1.32. The normalized spacial score (nSPS) is 8.88. The average Bonchev–Trinajstić information content (AvgIpc) is 2.27. The van der Waals surface area contributed by atoms with Crippen LogP contribution in [0.5, 0.6) is 0 Å². The second-order valence-corrected chi connectivity index (χ2v) is 3.41. The number of hydrogen-bond acceptors (Lipinski definition) is 4. The van der Waals surface area contributed by atoms with Gasteiger partial charge in [0.05, 0.1) is 17.5 Å². The lowest BCUT2D eigenvalue weighted by molar-refractivity contribution is -0.124. The van der Waals surface area contributed by atoms with Gasteiger partial charge < -0.3 is 5.32 Å². The number of hydrogen-bond donors (Lipinski definition) is 1. The van der Waals surface area contributed by atoms with Crippen LogP contribution in [-0.2, 0) is 9.59 Å². The van der Waals surface area contributed by atoms with Crippen LogP contribution in [0.3, 0.4) is 0 Å². The molecule has 0 spiro atoms. The highest BCUT2D eigenvalue weighted by molar-refractivity contribution is 6.03. The Balaban J connectivity index is 2.88. The predicted molar refractivity (Wildman–Crippen MR) is 59.8 cm³/mol. The molecule has 0 heterocycles. The second kappa shape index (κ2) is 5.43. The van der Waals surface area contributed by atoms with E-state index in [2.05, 4.69) is 5.32 Å². The number of anilines is 1. The number of carbonyl (C=O) groups excluding carboxylic acids is 2. The van der Waals surface area contributed by atoms with Crippen LogP contribution in [0.4, 0.5) is 5.69 Å². The highest BCUT2D eigenvalue weighted by atomic mass is 16.2. The van der Waals surface area contributed by atoms with Crippen molar-refractivity contribution in [3.8, 4) is 12.1 Å². The van der Waals surface area contributed by atoms with E-state index in [9.17, 15) is 9.59 Å². The molecule has 5 nitrogen and oxygen atoms in total. The molecule has 84 valence electrons. The van der Waals surface area contributed by atoms with E-state index < -0.39 is 5.91 Å². The fraction of sp³-hybridized carbons (Fsp3) is 0.167. The molecular formula is C12H9N3O2. The molecule has 17 heavy (non-hydrogen) atoms. The molecule has 0 unspecified atom stereocenters. The first-order valence-electron chi connectivity index (χ1n) is 4.80. The van der Waals surface area contributed by atoms with E-state index in [0.717, 1.165) is 0 Å². The minimum absolute atomic E-state index is 0.188. The highest BCUT2D eigenvalue weighted by Gasteiger charge is 2.07. The lowest BCUT2D eigenvalue weighted by Gasteiger charge is -2.04. The van der Waals surface area contributed by atoms with Gasteiger partial charge in [-0.1, -0.05) is 0 Å². The van der Waals surface area contributed by atoms with Crippen LogP contribution in [0.2, 0.25) is 0 Å². The van der Waals surface area contributed by atoms with Crippen LogP contribution in [0, 0.1) is 22.7 Å². The maximum atomic E-state index is 11.3. The molecule has 5 heteroatoms. The zero-order valence-electron chi connectivity index (χ0n) is 9.15. The van der Waals surface area contributed by atoms with Gasteiger partial charge in [-0.15, -0.1) is 0 Å². The quantitative estimate of drug-likeness (QED) is 0.788. The number of benzene rings is 1. The minimum atomic E-state index is -0.439. The van der Waals surface area contributed by atoms with Gasteiger partial charge in [-0.25, -0.2) is 0 Å². The van der Waals surface area contributed by atoms with Crippen LogP contribution >= 0.6 is 0 Å². The number of amides is 1. The monoisotopic (exact) mass is 227 g/mol. The number of carbonyl (C=O) groups is 2. The first-order valence-corrected chi connectivity index (χ1v) is 4.80. The van der Waals surface area contributed by atoms with Gasteiger partial charge in [-0.05, 0) is 25.1 Å². The summed E-state index contributed by atoms with van der Waals surface area (Å²) in [6, 6.07) is 8.09. The van der Waals surface area contributed by atoms with E-state index in [1.54, 1.807) is 0 Å². The first kappa shape index (κ1) is 12.4. The summed E-state index contributed by atoms with van der Waals surface area (Å²) in [6.07, 6.45) is -0.206. The lowest BCUT2D eigenvalue weighted by atomic mass is 10.1. The Kier molecular flexibility index (Phi) is 3.96. The summed E-state index contributed by atoms with van der Waals surface area (Å²) in [5.74, 6) is -0.678. The standard InChI is InChI=1S/C12H9N3O2/c1-8(16)4-12(17)15-11-3-2-9(6-13)10(5-11)7-14/h2-3,5H,4H2,1H3,(H,15,17). The van der Waals surface area contributed by atoms with E-state index in [0.29, 0.717) is 5.69 Å². The molecule has 1 aromatic rings. The van der Waals surface area contributed by atoms with Crippen LogP contribution < -0.4 is 5.32 Å². The number of nitrogens with one attached hydrogen (secondary N) is 1. The maximum Gasteiger partial charge on any atom is 0.231 e. The van der Waals surface area contributed by atoms with Crippen molar-refractivity contribution in [1.29, 1.82) is 10.5 Å². The first-order chi connectivity index (χ1) is 8.06. The molecule has 1 aromatic carbocycles. The third kappa shape index (κ3) is 3.44. The Morgan fingerprint density at radius 2 is 1.88 bits per heavy atom. The summed E-state index contributed by atoms with van der Waals surface area (Å²) in [5, 5.41) is 20.0. The smallest absolute Gasteiger partial charge is 0.231 e. The Morgan fingerprint density at radius 3 is 2.41 bits per heavy atom. The van der Waals surface area contributed by atoms with Crippen LogP contribution in [0.1, 0.15) is 24.5 Å². The fourth-order valence-corrected chi connectivity index (χ4v) is 1.24. The Labute approximate surface area is 98.3 Å². The largest absolute Gasteiger partial charge is 0.326 e. The number of rotatable bonds is 3. The molecule has 1 rings (SSSR count). The molecular weight excluding hydrogens is 218 g/mol. The molecule has 0 bridgehead atoms. The van der Waals surface area contributed by atoms with Crippen LogP contribution in [0.25, 0.3) is 0 Å². The molecule has 0 fully saturated rings. The predicted octanol–water partition coefficient (Wildman–Crippen LogP) is 1.35. The fourth-order valence-electron chi connectivity index (χ4n) is 1.24. The van der Waals surface area contributed by atoms with E-state index >= 15 is 0 Å². The number of nitrogens with zero attached hydrogens (tertiary/aromatic N) is 2. The van der Waals surface area contributed by atoms with Gasteiger partial charge in [0.15, 0.2) is 0 Å². The van der Waals surface area contributed by atoms with E-state index in [1.807, 2.05) is 12.1 Å². The zero-order chi connectivity index (χ0) is 12.8. The van der Waals surface area contributed by atoms with Crippen molar-refractivity contribution in [3.63, 3.8) is 0 Å². The van der Waals surface area contributed by atoms with Crippen molar-refractivity contribution in [2.45, 2.75) is 13.3 Å². The van der Waals surface area contributed by atoms with Crippen LogP contribution in [-0.4, -0.2) is 11.7 Å². The molecule has 0 radical (unpaired) electrons. The zero-order valence-corrected chi connectivity index (χ0v) is 9.15. The van der Waals surface area contributed by atoms with E-state index in [-0.39, 0.29) is 23.3 Å². The van der Waals surface area contributed by atoms with Gasteiger partial charge >= 0.3 is 0 Å². The summed E-state index contributed by atoms with van der Waals surface area (Å²) < 4.78 is 0. The molecule has 0 saturated heterocycles. The molecule has 0 aromatic heterocycles. The molecule has 0 saturated carbocycles. The van der Waals surface area contributed by atoms with E-state index in [4.69, 9.17) is 10.5 Å². The Bertz CT molecular complexity index is 550. The number of ketones is 1. The summed E-state index contributed by atoms with van der Waals surface area (Å²) in [7, 11) is 0.